The fourth-order valence-electron chi connectivity index (χ4n) is 1.84. The van der Waals surface area contributed by atoms with Gasteiger partial charge in [0.25, 0.3) is 0 Å². The maximum atomic E-state index is 11.4. The smallest absolute Gasteiger partial charge is 0.331 e. The van der Waals surface area contributed by atoms with Crippen LogP contribution in [0.5, 0.6) is 0 Å². The van der Waals surface area contributed by atoms with Crippen LogP contribution in [0.2, 0.25) is 0 Å². The van der Waals surface area contributed by atoms with Gasteiger partial charge in [-0.1, -0.05) is 46.0 Å². The van der Waals surface area contributed by atoms with Gasteiger partial charge in [0, 0.05) is 12.2 Å². The van der Waals surface area contributed by atoms with Crippen LogP contribution in [0.25, 0.3) is 0 Å². The Morgan fingerprint density at radius 1 is 1.00 bits per heavy atom. The fraction of sp³-hybridized carbons (Fsp3) is 0.733. The van der Waals surface area contributed by atoms with E-state index >= 15 is 0 Å². The number of rotatable bonds is 11. The third-order valence-corrected chi connectivity index (χ3v) is 2.90. The van der Waals surface area contributed by atoms with Crippen molar-refractivity contribution in [3.8, 4) is 0 Å². The van der Waals surface area contributed by atoms with Crippen LogP contribution >= 0.6 is 0 Å². The average Bonchev–Trinajstić information content (AvgIpc) is 2.38. The van der Waals surface area contributed by atoms with Crippen LogP contribution in [0.4, 0.5) is 0 Å². The monoisotopic (exact) mass is 270 g/mol. The Hall–Kier alpha value is -1.32. The van der Waals surface area contributed by atoms with E-state index in [1.807, 2.05) is 0 Å². The second-order valence-electron chi connectivity index (χ2n) is 4.72. The summed E-state index contributed by atoms with van der Waals surface area (Å²) in [6, 6.07) is 0. The van der Waals surface area contributed by atoms with Crippen molar-refractivity contribution in [2.24, 2.45) is 0 Å². The van der Waals surface area contributed by atoms with Crippen LogP contribution in [0.1, 0.15) is 65.2 Å². The summed E-state index contributed by atoms with van der Waals surface area (Å²) >= 11 is 0. The minimum absolute atomic E-state index is 0.0808. The van der Waals surface area contributed by atoms with Gasteiger partial charge in [-0.25, -0.2) is 9.59 Å². The molecule has 0 radical (unpaired) electrons. The molecule has 0 aliphatic carbocycles. The molecular formula is C15H26O4. The first-order chi connectivity index (χ1) is 9.10. The van der Waals surface area contributed by atoms with Gasteiger partial charge in [-0.2, -0.15) is 0 Å². The second kappa shape index (κ2) is 11.8. The van der Waals surface area contributed by atoms with E-state index in [9.17, 15) is 9.59 Å². The van der Waals surface area contributed by atoms with E-state index in [2.05, 4.69) is 13.8 Å². The van der Waals surface area contributed by atoms with Crippen molar-refractivity contribution < 1.29 is 19.4 Å². The molecule has 0 fully saturated rings. The summed E-state index contributed by atoms with van der Waals surface area (Å²) in [6.07, 6.45) is 10.1. The first-order valence-electron chi connectivity index (χ1n) is 7.21. The van der Waals surface area contributed by atoms with Crippen molar-refractivity contribution >= 4 is 11.9 Å². The first kappa shape index (κ1) is 17.7. The Balaban J connectivity index is 4.09. The Labute approximate surface area is 115 Å². The van der Waals surface area contributed by atoms with Gasteiger partial charge in [-0.15, -0.1) is 0 Å². The summed E-state index contributed by atoms with van der Waals surface area (Å²) in [7, 11) is 0. The number of carboxylic acid groups (broad SMARTS) is 1. The van der Waals surface area contributed by atoms with Gasteiger partial charge in [0.05, 0.1) is 0 Å². The highest BCUT2D eigenvalue weighted by Crippen LogP contribution is 2.14. The molecule has 1 unspecified atom stereocenters. The molecule has 0 aromatic rings. The van der Waals surface area contributed by atoms with E-state index in [1.54, 1.807) is 0 Å². The molecule has 4 nitrogen and oxygen atoms in total. The lowest BCUT2D eigenvalue weighted by Crippen LogP contribution is -2.17. The second-order valence-corrected chi connectivity index (χ2v) is 4.72. The summed E-state index contributed by atoms with van der Waals surface area (Å²) < 4.78 is 5.29. The number of hydrogen-bond acceptors (Lipinski definition) is 3. The average molecular weight is 270 g/mol. The SMILES string of the molecule is CCCCCCC(CCCC)OC(=O)/C=C\C(=O)O. The number of carbonyl (C=O) groups is 2. The summed E-state index contributed by atoms with van der Waals surface area (Å²) in [6.45, 7) is 4.26. The number of esters is 1. The molecule has 0 saturated carbocycles. The molecule has 0 aliphatic rings. The number of hydrogen-bond donors (Lipinski definition) is 1. The highest BCUT2D eigenvalue weighted by molar-refractivity contribution is 5.90. The van der Waals surface area contributed by atoms with E-state index in [0.717, 1.165) is 50.7 Å². The number of aliphatic carboxylic acids is 1. The van der Waals surface area contributed by atoms with Gasteiger partial charge in [0.15, 0.2) is 0 Å². The fourth-order valence-corrected chi connectivity index (χ4v) is 1.84. The zero-order chi connectivity index (χ0) is 14.5. The minimum Gasteiger partial charge on any atom is -0.478 e. The van der Waals surface area contributed by atoms with Crippen LogP contribution in [0.3, 0.4) is 0 Å². The molecule has 0 rings (SSSR count). The van der Waals surface area contributed by atoms with Crippen molar-refractivity contribution in [3.63, 3.8) is 0 Å². The lowest BCUT2D eigenvalue weighted by Gasteiger charge is -2.16. The number of unbranched alkanes of at least 4 members (excludes halogenated alkanes) is 4. The summed E-state index contributed by atoms with van der Waals surface area (Å²) in [4.78, 5) is 21.7. The Morgan fingerprint density at radius 3 is 2.21 bits per heavy atom. The van der Waals surface area contributed by atoms with Gasteiger partial charge < -0.3 is 9.84 Å². The van der Waals surface area contributed by atoms with Crippen LogP contribution in [-0.2, 0) is 14.3 Å². The highest BCUT2D eigenvalue weighted by Gasteiger charge is 2.12. The molecule has 0 bridgehead atoms. The van der Waals surface area contributed by atoms with Crippen molar-refractivity contribution in [3.05, 3.63) is 12.2 Å². The molecule has 0 saturated heterocycles. The third kappa shape index (κ3) is 11.5. The van der Waals surface area contributed by atoms with Gasteiger partial charge >= 0.3 is 11.9 Å². The Morgan fingerprint density at radius 2 is 1.63 bits per heavy atom. The summed E-state index contributed by atoms with van der Waals surface area (Å²) in [5, 5.41) is 8.44. The molecule has 0 aromatic heterocycles. The zero-order valence-electron chi connectivity index (χ0n) is 12.1. The molecule has 19 heavy (non-hydrogen) atoms. The lowest BCUT2D eigenvalue weighted by atomic mass is 10.0. The standard InChI is InChI=1S/C15H26O4/c1-3-5-7-8-10-13(9-6-4-2)19-15(18)12-11-14(16)17/h11-13H,3-10H2,1-2H3,(H,16,17)/b12-11-. The minimum atomic E-state index is -1.13. The highest BCUT2D eigenvalue weighted by atomic mass is 16.5. The van der Waals surface area contributed by atoms with Crippen molar-refractivity contribution in [2.75, 3.05) is 0 Å². The van der Waals surface area contributed by atoms with E-state index in [4.69, 9.17) is 9.84 Å². The predicted octanol–water partition coefficient (Wildman–Crippen LogP) is 3.70. The normalized spacial score (nSPS) is 12.5. The molecule has 110 valence electrons. The Bertz CT molecular complexity index is 284. The van der Waals surface area contributed by atoms with Crippen LogP contribution in [-0.4, -0.2) is 23.1 Å². The molecule has 0 aliphatic heterocycles. The number of carbonyl (C=O) groups excluding carboxylic acids is 1. The van der Waals surface area contributed by atoms with E-state index < -0.39 is 11.9 Å². The maximum Gasteiger partial charge on any atom is 0.331 e. The predicted molar refractivity (Wildman–Crippen MR) is 74.9 cm³/mol. The van der Waals surface area contributed by atoms with Crippen molar-refractivity contribution in [1.29, 1.82) is 0 Å². The van der Waals surface area contributed by atoms with E-state index in [-0.39, 0.29) is 6.10 Å². The quantitative estimate of drug-likeness (QED) is 0.353. The largest absolute Gasteiger partial charge is 0.478 e. The number of ether oxygens (including phenoxy) is 1. The third-order valence-electron chi connectivity index (χ3n) is 2.90. The van der Waals surface area contributed by atoms with Crippen molar-refractivity contribution in [2.45, 2.75) is 71.3 Å². The molecule has 1 atom stereocenters. The maximum absolute atomic E-state index is 11.4. The molecular weight excluding hydrogens is 244 g/mol. The van der Waals surface area contributed by atoms with Crippen LogP contribution in [0, 0.1) is 0 Å². The van der Waals surface area contributed by atoms with E-state index in [1.165, 1.54) is 12.8 Å². The van der Waals surface area contributed by atoms with Gasteiger partial charge in [0.1, 0.15) is 6.10 Å². The van der Waals surface area contributed by atoms with Crippen LogP contribution < -0.4 is 0 Å². The molecule has 0 heterocycles. The molecule has 0 amide bonds. The molecule has 1 N–H and O–H groups in total. The van der Waals surface area contributed by atoms with Crippen molar-refractivity contribution in [1.82, 2.24) is 0 Å². The molecule has 4 heteroatoms. The van der Waals surface area contributed by atoms with Crippen LogP contribution in [0.15, 0.2) is 12.2 Å². The zero-order valence-corrected chi connectivity index (χ0v) is 12.1. The lowest BCUT2D eigenvalue weighted by molar-refractivity contribution is -0.144. The summed E-state index contributed by atoms with van der Waals surface area (Å²) in [5.74, 6) is -1.69. The van der Waals surface area contributed by atoms with Gasteiger partial charge in [-0.05, 0) is 19.3 Å². The molecule has 0 aromatic carbocycles. The Kier molecular flexibility index (Phi) is 10.9. The van der Waals surface area contributed by atoms with Gasteiger partial charge in [-0.3, -0.25) is 0 Å². The van der Waals surface area contributed by atoms with Gasteiger partial charge in [0.2, 0.25) is 0 Å². The number of carboxylic acids is 1. The summed E-state index contributed by atoms with van der Waals surface area (Å²) in [5.41, 5.74) is 0. The van der Waals surface area contributed by atoms with E-state index in [0.29, 0.717) is 0 Å². The topological polar surface area (TPSA) is 63.6 Å². The first-order valence-corrected chi connectivity index (χ1v) is 7.21. The molecule has 0 spiro atoms.